The first-order valence-corrected chi connectivity index (χ1v) is 8.92. The maximum atomic E-state index is 12.1. The maximum Gasteiger partial charge on any atom is 0.271 e. The van der Waals surface area contributed by atoms with Gasteiger partial charge < -0.3 is 14.8 Å². The number of phenols is 2. The number of thioether (sulfide) groups is 1. The lowest BCUT2D eigenvalue weighted by Gasteiger charge is -2.04. The van der Waals surface area contributed by atoms with Crippen LogP contribution in [0.25, 0.3) is 0 Å². The summed E-state index contributed by atoms with van der Waals surface area (Å²) in [5.74, 6) is 0.174. The molecule has 1 heterocycles. The Labute approximate surface area is 159 Å². The number of nitrogens with one attached hydrogen (secondary N) is 1. The van der Waals surface area contributed by atoms with Crippen molar-refractivity contribution in [2.75, 3.05) is 0 Å². The van der Waals surface area contributed by atoms with Crippen molar-refractivity contribution in [1.82, 2.24) is 20.2 Å². The van der Waals surface area contributed by atoms with E-state index in [0.717, 1.165) is 10.7 Å². The van der Waals surface area contributed by atoms with Crippen molar-refractivity contribution in [2.24, 2.45) is 12.1 Å². The van der Waals surface area contributed by atoms with Crippen LogP contribution < -0.4 is 5.43 Å². The molecule has 0 saturated heterocycles. The number of aromatic hydroxyl groups is 2. The normalized spacial score (nSPS) is 11.0. The summed E-state index contributed by atoms with van der Waals surface area (Å²) in [5, 5.41) is 31.4. The van der Waals surface area contributed by atoms with Crippen LogP contribution in [-0.2, 0) is 12.8 Å². The number of carbonyl (C=O) groups is 1. The van der Waals surface area contributed by atoms with Crippen molar-refractivity contribution in [1.29, 1.82) is 0 Å². The third-order valence-electron chi connectivity index (χ3n) is 3.64. The number of hydrazone groups is 1. The summed E-state index contributed by atoms with van der Waals surface area (Å²) in [5.41, 5.74) is 4.30. The zero-order valence-corrected chi connectivity index (χ0v) is 15.2. The molecule has 0 aliphatic heterocycles. The van der Waals surface area contributed by atoms with Crippen LogP contribution in [0, 0.1) is 0 Å². The SMILES string of the molecule is Cn1cnnc1SCc1ccc(C(=O)N/N=C/c2ccc(O)cc2O)cc1. The highest BCUT2D eigenvalue weighted by atomic mass is 32.2. The zero-order chi connectivity index (χ0) is 19.2. The van der Waals surface area contributed by atoms with Crippen molar-refractivity contribution in [3.8, 4) is 11.5 Å². The van der Waals surface area contributed by atoms with E-state index in [1.807, 2.05) is 23.7 Å². The van der Waals surface area contributed by atoms with E-state index in [4.69, 9.17) is 0 Å². The van der Waals surface area contributed by atoms with E-state index in [1.54, 1.807) is 30.2 Å². The lowest BCUT2D eigenvalue weighted by atomic mass is 10.1. The summed E-state index contributed by atoms with van der Waals surface area (Å²) in [7, 11) is 1.88. The number of nitrogens with zero attached hydrogens (tertiary/aromatic N) is 4. The van der Waals surface area contributed by atoms with Gasteiger partial charge in [0.15, 0.2) is 5.16 Å². The predicted molar refractivity (Wildman–Crippen MR) is 102 cm³/mol. The number of carbonyl (C=O) groups excluding carboxylic acids is 1. The van der Waals surface area contributed by atoms with Gasteiger partial charge in [-0.05, 0) is 29.8 Å². The highest BCUT2D eigenvalue weighted by molar-refractivity contribution is 7.98. The molecule has 0 aliphatic rings. The average Bonchev–Trinajstić information content (AvgIpc) is 3.07. The second-order valence-electron chi connectivity index (χ2n) is 5.65. The maximum absolute atomic E-state index is 12.1. The summed E-state index contributed by atoms with van der Waals surface area (Å²) in [6.07, 6.45) is 2.95. The molecule has 0 unspecified atom stereocenters. The van der Waals surface area contributed by atoms with Gasteiger partial charge in [-0.15, -0.1) is 10.2 Å². The Morgan fingerprint density at radius 1 is 1.26 bits per heavy atom. The van der Waals surface area contributed by atoms with Crippen LogP contribution >= 0.6 is 11.8 Å². The third-order valence-corrected chi connectivity index (χ3v) is 4.74. The zero-order valence-electron chi connectivity index (χ0n) is 14.4. The molecule has 138 valence electrons. The molecule has 3 aromatic rings. The van der Waals surface area contributed by atoms with Gasteiger partial charge in [-0.1, -0.05) is 23.9 Å². The molecular weight excluding hydrogens is 366 g/mol. The van der Waals surface area contributed by atoms with Crippen molar-refractivity contribution >= 4 is 23.9 Å². The molecule has 2 aromatic carbocycles. The molecule has 0 saturated carbocycles. The van der Waals surface area contributed by atoms with Gasteiger partial charge in [0.25, 0.3) is 5.91 Å². The molecule has 3 rings (SSSR count). The minimum absolute atomic E-state index is 0.0499. The van der Waals surface area contributed by atoms with E-state index < -0.39 is 0 Å². The van der Waals surface area contributed by atoms with Gasteiger partial charge in [-0.3, -0.25) is 4.79 Å². The van der Waals surface area contributed by atoms with E-state index in [9.17, 15) is 15.0 Å². The molecule has 3 N–H and O–H groups in total. The molecule has 0 aliphatic carbocycles. The quantitative estimate of drug-likeness (QED) is 0.342. The van der Waals surface area contributed by atoms with Gasteiger partial charge in [0.1, 0.15) is 17.8 Å². The highest BCUT2D eigenvalue weighted by Gasteiger charge is 2.06. The average molecular weight is 383 g/mol. The lowest BCUT2D eigenvalue weighted by molar-refractivity contribution is 0.0955. The molecule has 1 aromatic heterocycles. The number of aromatic nitrogens is 3. The Kier molecular flexibility index (Phi) is 5.72. The Bertz CT molecular complexity index is 969. The monoisotopic (exact) mass is 383 g/mol. The van der Waals surface area contributed by atoms with Crippen LogP contribution in [0.5, 0.6) is 11.5 Å². The molecular formula is C18H17N5O3S. The summed E-state index contributed by atoms with van der Waals surface area (Å²) >= 11 is 1.56. The molecule has 0 bridgehead atoms. The van der Waals surface area contributed by atoms with Crippen molar-refractivity contribution in [2.45, 2.75) is 10.9 Å². The molecule has 9 heteroatoms. The number of phenolic OH excluding ortho intramolecular Hbond substituents is 2. The Balaban J connectivity index is 1.55. The predicted octanol–water partition coefficient (Wildman–Crippen LogP) is 2.28. The van der Waals surface area contributed by atoms with Gasteiger partial charge >= 0.3 is 0 Å². The highest BCUT2D eigenvalue weighted by Crippen LogP contribution is 2.21. The largest absolute Gasteiger partial charge is 0.508 e. The van der Waals surface area contributed by atoms with Crippen molar-refractivity contribution in [3.05, 3.63) is 65.5 Å². The Morgan fingerprint density at radius 2 is 2.04 bits per heavy atom. The molecule has 8 nitrogen and oxygen atoms in total. The van der Waals surface area contributed by atoms with Crippen LogP contribution in [0.2, 0.25) is 0 Å². The molecule has 27 heavy (non-hydrogen) atoms. The van der Waals surface area contributed by atoms with E-state index in [0.29, 0.717) is 16.9 Å². The topological polar surface area (TPSA) is 113 Å². The van der Waals surface area contributed by atoms with E-state index in [1.165, 1.54) is 24.4 Å². The standard InChI is InChI=1S/C18H17N5O3S/c1-23-11-20-22-18(23)27-10-12-2-4-13(5-3-12)17(26)21-19-9-14-6-7-15(24)8-16(14)25/h2-9,11,24-25H,10H2,1H3,(H,21,26)/b19-9+. The van der Waals surface area contributed by atoms with E-state index >= 15 is 0 Å². The summed E-state index contributed by atoms with van der Waals surface area (Å²) in [4.78, 5) is 12.1. The van der Waals surface area contributed by atoms with Crippen LogP contribution in [-0.4, -0.2) is 37.1 Å². The number of hydrogen-bond acceptors (Lipinski definition) is 7. The van der Waals surface area contributed by atoms with Gasteiger partial charge in [-0.25, -0.2) is 5.43 Å². The second-order valence-corrected chi connectivity index (χ2v) is 6.59. The fourth-order valence-electron chi connectivity index (χ4n) is 2.17. The van der Waals surface area contributed by atoms with Crippen molar-refractivity contribution < 1.29 is 15.0 Å². The number of rotatable bonds is 6. The van der Waals surface area contributed by atoms with Gasteiger partial charge in [0, 0.05) is 30.0 Å². The Morgan fingerprint density at radius 3 is 2.70 bits per heavy atom. The fraction of sp³-hybridized carbons (Fsp3) is 0.111. The van der Waals surface area contributed by atoms with Gasteiger partial charge in [0.2, 0.25) is 0 Å². The van der Waals surface area contributed by atoms with E-state index in [2.05, 4.69) is 20.7 Å². The Hall–Kier alpha value is -3.33. The number of aryl methyl sites for hydroxylation is 1. The number of amides is 1. The minimum Gasteiger partial charge on any atom is -0.508 e. The lowest BCUT2D eigenvalue weighted by Crippen LogP contribution is -2.17. The third kappa shape index (κ3) is 4.85. The molecule has 0 fully saturated rings. The summed E-state index contributed by atoms with van der Waals surface area (Å²) < 4.78 is 1.84. The van der Waals surface area contributed by atoms with Crippen LogP contribution in [0.1, 0.15) is 21.5 Å². The van der Waals surface area contributed by atoms with Crippen LogP contribution in [0.15, 0.2) is 59.0 Å². The van der Waals surface area contributed by atoms with Gasteiger partial charge in [-0.2, -0.15) is 5.10 Å². The number of benzene rings is 2. The minimum atomic E-state index is -0.364. The first kappa shape index (κ1) is 18.5. The fourth-order valence-corrected chi connectivity index (χ4v) is 3.01. The second kappa shape index (κ2) is 8.37. The van der Waals surface area contributed by atoms with Crippen LogP contribution in [0.3, 0.4) is 0 Å². The molecule has 0 radical (unpaired) electrons. The van der Waals surface area contributed by atoms with E-state index in [-0.39, 0.29) is 17.4 Å². The smallest absolute Gasteiger partial charge is 0.271 e. The van der Waals surface area contributed by atoms with Gasteiger partial charge in [0.05, 0.1) is 6.21 Å². The number of hydrogen-bond donors (Lipinski definition) is 3. The molecule has 1 amide bonds. The van der Waals surface area contributed by atoms with Crippen LogP contribution in [0.4, 0.5) is 0 Å². The summed E-state index contributed by atoms with van der Waals surface area (Å²) in [6, 6.07) is 11.3. The molecule has 0 spiro atoms. The van der Waals surface area contributed by atoms with Crippen molar-refractivity contribution in [3.63, 3.8) is 0 Å². The first-order valence-electron chi connectivity index (χ1n) is 7.94. The first-order chi connectivity index (χ1) is 13.0. The molecule has 0 atom stereocenters. The summed E-state index contributed by atoms with van der Waals surface area (Å²) in [6.45, 7) is 0.